The quantitative estimate of drug-likeness (QED) is 0.642. The lowest BCUT2D eigenvalue weighted by Crippen LogP contribution is -2.36. The van der Waals surface area contributed by atoms with Crippen LogP contribution in [0.2, 0.25) is 0 Å². The number of aromatic nitrogens is 3. The Morgan fingerprint density at radius 3 is 2.63 bits per heavy atom. The van der Waals surface area contributed by atoms with E-state index < -0.39 is 0 Å². The third kappa shape index (κ3) is 4.92. The molecule has 0 aromatic carbocycles. The molecule has 4 heterocycles. The van der Waals surface area contributed by atoms with Gasteiger partial charge < -0.3 is 14.6 Å². The van der Waals surface area contributed by atoms with Crippen LogP contribution in [0.1, 0.15) is 41.5 Å². The van der Waals surface area contributed by atoms with Crippen molar-refractivity contribution in [2.45, 2.75) is 32.6 Å². The van der Waals surface area contributed by atoms with E-state index in [9.17, 15) is 4.79 Å². The van der Waals surface area contributed by atoms with Gasteiger partial charge in [-0.25, -0.2) is 15.0 Å². The fourth-order valence-corrected chi connectivity index (χ4v) is 3.74. The first kappa shape index (κ1) is 19.8. The molecule has 3 aromatic rings. The molecule has 30 heavy (non-hydrogen) atoms. The second-order valence-electron chi connectivity index (χ2n) is 7.52. The minimum atomic E-state index is 0.0221. The summed E-state index contributed by atoms with van der Waals surface area (Å²) in [6, 6.07) is 9.67. The van der Waals surface area contributed by atoms with Gasteiger partial charge in [-0.1, -0.05) is 0 Å². The first-order valence-electron chi connectivity index (χ1n) is 10.1. The number of rotatable bonds is 5. The molecule has 7 nitrogen and oxygen atoms in total. The Morgan fingerprint density at radius 1 is 1.17 bits per heavy atom. The topological polar surface area (TPSA) is 84.2 Å². The molecule has 0 atom stereocenters. The first-order valence-corrected chi connectivity index (χ1v) is 10.1. The molecule has 0 saturated carbocycles. The number of carbonyl (C=O) groups excluding carboxylic acids is 1. The molecule has 0 radical (unpaired) electrons. The predicted molar refractivity (Wildman–Crippen MR) is 115 cm³/mol. The van der Waals surface area contributed by atoms with Gasteiger partial charge in [0.25, 0.3) is 0 Å². The number of hydrogen-bond acceptors (Lipinski definition) is 6. The number of anilines is 2. The number of furan rings is 1. The molecular formula is C23H25N5O2. The molecule has 154 valence electrons. The van der Waals surface area contributed by atoms with E-state index >= 15 is 0 Å². The van der Waals surface area contributed by atoms with Crippen LogP contribution in [0.15, 0.2) is 53.3 Å². The van der Waals surface area contributed by atoms with E-state index in [4.69, 9.17) is 4.42 Å². The number of amides is 1. The molecule has 0 bridgehead atoms. The van der Waals surface area contributed by atoms with Crippen LogP contribution in [0.25, 0.3) is 6.08 Å². The zero-order valence-corrected chi connectivity index (χ0v) is 17.2. The molecule has 1 amide bonds. The minimum Gasteiger partial charge on any atom is -0.465 e. The average Bonchev–Trinajstić information content (AvgIpc) is 3.25. The van der Waals surface area contributed by atoms with Crippen LogP contribution in [-0.2, 0) is 4.79 Å². The van der Waals surface area contributed by atoms with Crippen molar-refractivity contribution >= 4 is 23.7 Å². The zero-order valence-electron chi connectivity index (χ0n) is 17.2. The van der Waals surface area contributed by atoms with Crippen LogP contribution < -0.4 is 5.32 Å². The smallest absolute Gasteiger partial charge is 0.246 e. The molecular weight excluding hydrogens is 378 g/mol. The van der Waals surface area contributed by atoms with E-state index in [1.807, 2.05) is 43.1 Å². The van der Waals surface area contributed by atoms with Gasteiger partial charge in [0, 0.05) is 36.8 Å². The standard InChI is InChI=1S/C23H25N5O2/c1-16-14-17(2)26-23(25-16)27-21-15-19(7-10-24-21)18-8-11-28(12-9-18)22(29)6-5-20-4-3-13-30-20/h3-7,10,13-15,18H,8-9,11-12H2,1-2H3,(H,24,25,26,27)/b6-5+. The van der Waals surface area contributed by atoms with Crippen LogP contribution in [-0.4, -0.2) is 38.8 Å². The second-order valence-corrected chi connectivity index (χ2v) is 7.52. The Kier molecular flexibility index (Phi) is 5.88. The van der Waals surface area contributed by atoms with Crippen molar-refractivity contribution in [1.29, 1.82) is 0 Å². The van der Waals surface area contributed by atoms with Gasteiger partial charge in [-0.15, -0.1) is 0 Å². The van der Waals surface area contributed by atoms with E-state index in [1.54, 1.807) is 24.5 Å². The maximum atomic E-state index is 12.4. The molecule has 0 aliphatic carbocycles. The second kappa shape index (κ2) is 8.90. The lowest BCUT2D eigenvalue weighted by Gasteiger charge is -2.31. The summed E-state index contributed by atoms with van der Waals surface area (Å²) in [5.41, 5.74) is 3.05. The largest absolute Gasteiger partial charge is 0.465 e. The highest BCUT2D eigenvalue weighted by Crippen LogP contribution is 2.29. The van der Waals surface area contributed by atoms with E-state index in [0.29, 0.717) is 17.6 Å². The van der Waals surface area contributed by atoms with E-state index in [1.165, 1.54) is 5.56 Å². The van der Waals surface area contributed by atoms with Crippen LogP contribution in [0.4, 0.5) is 11.8 Å². The Hall–Kier alpha value is -3.48. The SMILES string of the molecule is Cc1cc(C)nc(Nc2cc(C3CCN(C(=O)/C=C/c4ccco4)CC3)ccn2)n1. The van der Waals surface area contributed by atoms with Crippen molar-refractivity contribution in [1.82, 2.24) is 19.9 Å². The molecule has 0 spiro atoms. The maximum Gasteiger partial charge on any atom is 0.246 e. The third-order valence-corrected chi connectivity index (χ3v) is 5.22. The summed E-state index contributed by atoms with van der Waals surface area (Å²) in [6.07, 6.45) is 8.54. The Morgan fingerprint density at radius 2 is 1.93 bits per heavy atom. The third-order valence-electron chi connectivity index (χ3n) is 5.22. The number of likely N-dealkylation sites (tertiary alicyclic amines) is 1. The molecule has 1 aliphatic heterocycles. The highest BCUT2D eigenvalue weighted by atomic mass is 16.3. The van der Waals surface area contributed by atoms with Crippen LogP contribution in [0, 0.1) is 13.8 Å². The predicted octanol–water partition coefficient (Wildman–Crippen LogP) is 4.24. The molecule has 7 heteroatoms. The summed E-state index contributed by atoms with van der Waals surface area (Å²) in [7, 11) is 0. The first-order chi connectivity index (χ1) is 14.6. The summed E-state index contributed by atoms with van der Waals surface area (Å²) >= 11 is 0. The van der Waals surface area contributed by atoms with Crippen molar-refractivity contribution in [2.24, 2.45) is 0 Å². The summed E-state index contributed by atoms with van der Waals surface area (Å²) in [4.78, 5) is 27.5. The zero-order chi connectivity index (χ0) is 20.9. The van der Waals surface area contributed by atoms with Gasteiger partial charge in [0.1, 0.15) is 11.6 Å². The Labute approximate surface area is 175 Å². The summed E-state index contributed by atoms with van der Waals surface area (Å²) in [5.74, 6) is 2.39. The summed E-state index contributed by atoms with van der Waals surface area (Å²) in [6.45, 7) is 5.36. The maximum absolute atomic E-state index is 12.4. The lowest BCUT2D eigenvalue weighted by atomic mass is 9.90. The molecule has 1 N–H and O–H groups in total. The van der Waals surface area contributed by atoms with Crippen molar-refractivity contribution < 1.29 is 9.21 Å². The van der Waals surface area contributed by atoms with E-state index in [2.05, 4.69) is 26.3 Å². The number of carbonyl (C=O) groups is 1. The van der Waals surface area contributed by atoms with Gasteiger partial charge in [-0.05, 0) is 74.6 Å². The molecule has 1 saturated heterocycles. The van der Waals surface area contributed by atoms with Crippen LogP contribution in [0.5, 0.6) is 0 Å². The summed E-state index contributed by atoms with van der Waals surface area (Å²) < 4.78 is 5.23. The van der Waals surface area contributed by atoms with Crippen molar-refractivity contribution in [3.05, 3.63) is 71.6 Å². The Balaban J connectivity index is 1.36. The highest BCUT2D eigenvalue weighted by molar-refractivity contribution is 5.91. The van der Waals surface area contributed by atoms with Crippen molar-refractivity contribution in [2.75, 3.05) is 18.4 Å². The number of nitrogens with one attached hydrogen (secondary N) is 1. The highest BCUT2D eigenvalue weighted by Gasteiger charge is 2.23. The summed E-state index contributed by atoms with van der Waals surface area (Å²) in [5, 5.41) is 3.21. The van der Waals surface area contributed by atoms with Gasteiger partial charge in [-0.3, -0.25) is 4.79 Å². The van der Waals surface area contributed by atoms with E-state index in [0.717, 1.165) is 43.1 Å². The minimum absolute atomic E-state index is 0.0221. The number of pyridine rings is 1. The monoisotopic (exact) mass is 403 g/mol. The van der Waals surface area contributed by atoms with Gasteiger partial charge in [0.2, 0.25) is 11.9 Å². The lowest BCUT2D eigenvalue weighted by molar-refractivity contribution is -0.126. The average molecular weight is 403 g/mol. The normalized spacial score (nSPS) is 14.9. The molecule has 4 rings (SSSR count). The molecule has 0 unspecified atom stereocenters. The molecule has 1 aliphatic rings. The fraction of sp³-hybridized carbons (Fsp3) is 0.304. The fourth-order valence-electron chi connectivity index (χ4n) is 3.74. The molecule has 1 fully saturated rings. The number of piperidine rings is 1. The van der Waals surface area contributed by atoms with Crippen molar-refractivity contribution in [3.63, 3.8) is 0 Å². The van der Waals surface area contributed by atoms with Gasteiger partial charge in [0.15, 0.2) is 0 Å². The Bertz CT molecular complexity index is 1020. The van der Waals surface area contributed by atoms with Crippen molar-refractivity contribution in [3.8, 4) is 0 Å². The van der Waals surface area contributed by atoms with Gasteiger partial charge in [0.05, 0.1) is 6.26 Å². The van der Waals surface area contributed by atoms with E-state index in [-0.39, 0.29) is 5.91 Å². The van der Waals surface area contributed by atoms with Crippen LogP contribution in [0.3, 0.4) is 0 Å². The number of nitrogens with zero attached hydrogens (tertiary/aromatic N) is 4. The van der Waals surface area contributed by atoms with Crippen LogP contribution >= 0.6 is 0 Å². The van der Waals surface area contributed by atoms with Gasteiger partial charge >= 0.3 is 0 Å². The molecule has 3 aromatic heterocycles. The number of hydrogen-bond donors (Lipinski definition) is 1. The number of aryl methyl sites for hydroxylation is 2. The van der Waals surface area contributed by atoms with Gasteiger partial charge in [-0.2, -0.15) is 0 Å².